The summed E-state index contributed by atoms with van der Waals surface area (Å²) in [6.45, 7) is 10.7. The van der Waals surface area contributed by atoms with E-state index in [-0.39, 0.29) is 0 Å². The van der Waals surface area contributed by atoms with Gasteiger partial charge in [-0.1, -0.05) is 13.8 Å². The predicted molar refractivity (Wildman–Crippen MR) is 65.4 cm³/mol. The van der Waals surface area contributed by atoms with Crippen LogP contribution in [-0.4, -0.2) is 51.2 Å². The van der Waals surface area contributed by atoms with Crippen molar-refractivity contribution in [1.29, 1.82) is 0 Å². The second-order valence-electron chi connectivity index (χ2n) is 4.14. The first-order valence-electron chi connectivity index (χ1n) is 6.12. The number of rotatable bonds is 7. The molecule has 0 aromatic rings. The van der Waals surface area contributed by atoms with E-state index in [1.165, 1.54) is 25.9 Å². The van der Waals surface area contributed by atoms with Crippen molar-refractivity contribution in [3.63, 3.8) is 0 Å². The van der Waals surface area contributed by atoms with Gasteiger partial charge in [0.05, 0.1) is 20.1 Å². The van der Waals surface area contributed by atoms with Crippen molar-refractivity contribution >= 4 is 6.16 Å². The molecule has 0 bridgehead atoms. The Morgan fingerprint density at radius 1 is 1.18 bits per heavy atom. The fraction of sp³-hybridized carbons (Fsp3) is 0.917. The van der Waals surface area contributed by atoms with Crippen LogP contribution in [0.1, 0.15) is 33.6 Å². The summed E-state index contributed by atoms with van der Waals surface area (Å²) in [5.74, 6) is 0. The third kappa shape index (κ3) is 13.1. The zero-order chi connectivity index (χ0) is 13.7. The fourth-order valence-electron chi connectivity index (χ4n) is 1.63. The molecule has 17 heavy (non-hydrogen) atoms. The van der Waals surface area contributed by atoms with E-state index in [2.05, 4.69) is 32.6 Å². The largest absolute Gasteiger partial charge is 0.553 e. The molecule has 0 fully saturated rings. The van der Waals surface area contributed by atoms with Gasteiger partial charge in [0.1, 0.15) is 0 Å². The van der Waals surface area contributed by atoms with E-state index in [1.807, 2.05) is 0 Å². The lowest BCUT2D eigenvalue weighted by atomic mass is 10.3. The summed E-state index contributed by atoms with van der Waals surface area (Å²) in [6, 6.07) is 0. The van der Waals surface area contributed by atoms with Crippen LogP contribution in [-0.2, 0) is 9.47 Å². The van der Waals surface area contributed by atoms with Gasteiger partial charge in [0, 0.05) is 13.7 Å². The third-order valence-corrected chi connectivity index (χ3v) is 2.30. The number of hydrogen-bond donors (Lipinski definition) is 0. The van der Waals surface area contributed by atoms with E-state index in [1.54, 1.807) is 0 Å². The maximum atomic E-state index is 9.03. The summed E-state index contributed by atoms with van der Waals surface area (Å²) in [7, 11) is 3.32. The minimum absolute atomic E-state index is 0.835. The molecule has 0 rings (SSSR count). The Morgan fingerprint density at radius 2 is 1.59 bits per heavy atom. The Balaban J connectivity index is 0. The molecule has 0 saturated heterocycles. The first kappa shape index (κ1) is 18.6. The fourth-order valence-corrected chi connectivity index (χ4v) is 1.63. The molecule has 0 aromatic heterocycles. The van der Waals surface area contributed by atoms with Gasteiger partial charge in [-0.2, -0.15) is 0 Å². The minimum Gasteiger partial charge on any atom is -0.553 e. The number of nitrogens with zero attached hydrogens (tertiary/aromatic N) is 1. The Morgan fingerprint density at radius 3 is 1.82 bits per heavy atom. The smallest absolute Gasteiger partial charge is 0.251 e. The molecule has 5 heteroatoms. The highest BCUT2D eigenvalue weighted by Gasteiger charge is 2.18. The molecular weight excluding hydrogens is 222 g/mol. The molecule has 104 valence electrons. The Hall–Kier alpha value is -0.810. The summed E-state index contributed by atoms with van der Waals surface area (Å²) < 4.78 is 10.1. The third-order valence-electron chi connectivity index (χ3n) is 2.30. The van der Waals surface area contributed by atoms with E-state index < -0.39 is 6.16 Å². The van der Waals surface area contributed by atoms with Gasteiger partial charge in [0.2, 0.25) is 0 Å². The van der Waals surface area contributed by atoms with Crippen LogP contribution in [0.15, 0.2) is 0 Å². The lowest BCUT2D eigenvalue weighted by Gasteiger charge is -2.33. The number of carbonyl (C=O) groups excluding carboxylic acids is 1. The van der Waals surface area contributed by atoms with Crippen LogP contribution in [0.5, 0.6) is 0 Å². The van der Waals surface area contributed by atoms with Crippen LogP contribution in [0, 0.1) is 0 Å². The standard InChI is InChI=1S/C10H24NO.C2H4O3/c1-5-8-11(4,9-6-2)10-12-7-3;1-5-2(3)4/h5-10H2,1-4H3;1H3,(H,3,4)/q+1;/p-1. The van der Waals surface area contributed by atoms with Gasteiger partial charge < -0.3 is 23.9 Å². The van der Waals surface area contributed by atoms with Crippen LogP contribution in [0.2, 0.25) is 0 Å². The summed E-state index contributed by atoms with van der Waals surface area (Å²) in [5.41, 5.74) is 0. The van der Waals surface area contributed by atoms with E-state index in [0.29, 0.717) is 0 Å². The van der Waals surface area contributed by atoms with Crippen molar-refractivity contribution in [1.82, 2.24) is 0 Å². The van der Waals surface area contributed by atoms with Gasteiger partial charge in [-0.25, -0.2) is 0 Å². The molecule has 0 amide bonds. The Kier molecular flexibility index (Phi) is 12.7. The van der Waals surface area contributed by atoms with Crippen molar-refractivity contribution < 1.29 is 23.9 Å². The molecular formula is C12H27NO4. The molecule has 0 N–H and O–H groups in total. The normalized spacial score (nSPS) is 10.4. The molecule has 0 unspecified atom stereocenters. The molecule has 0 heterocycles. The predicted octanol–water partition coefficient (Wildman–Crippen LogP) is 1.22. The second kappa shape index (κ2) is 11.7. The van der Waals surface area contributed by atoms with Crippen molar-refractivity contribution in [2.24, 2.45) is 0 Å². The van der Waals surface area contributed by atoms with Crippen LogP contribution < -0.4 is 5.11 Å². The van der Waals surface area contributed by atoms with Crippen molar-refractivity contribution in [2.45, 2.75) is 33.6 Å². The SMILES string of the molecule is CCC[N+](C)(CCC)COCC.COC(=O)[O-]. The summed E-state index contributed by atoms with van der Waals surface area (Å²) in [6.07, 6.45) is 0.984. The van der Waals surface area contributed by atoms with Crippen LogP contribution in [0.3, 0.4) is 0 Å². The average molecular weight is 249 g/mol. The van der Waals surface area contributed by atoms with Gasteiger partial charge in [-0.05, 0) is 19.8 Å². The van der Waals surface area contributed by atoms with E-state index in [0.717, 1.165) is 24.9 Å². The number of methoxy groups -OCH3 is 1. The highest BCUT2D eigenvalue weighted by Crippen LogP contribution is 2.05. The van der Waals surface area contributed by atoms with E-state index >= 15 is 0 Å². The zero-order valence-electron chi connectivity index (χ0n) is 11.8. The zero-order valence-corrected chi connectivity index (χ0v) is 11.8. The van der Waals surface area contributed by atoms with E-state index in [4.69, 9.17) is 14.6 Å². The number of carbonyl (C=O) groups is 1. The Bertz CT molecular complexity index is 179. The average Bonchev–Trinajstić information content (AvgIpc) is 2.28. The van der Waals surface area contributed by atoms with Crippen LogP contribution in [0.4, 0.5) is 4.79 Å². The van der Waals surface area contributed by atoms with Gasteiger partial charge in [0.15, 0.2) is 6.73 Å². The Labute approximate surface area is 105 Å². The maximum Gasteiger partial charge on any atom is 0.251 e. The topological polar surface area (TPSA) is 58.6 Å². The van der Waals surface area contributed by atoms with Crippen LogP contribution >= 0.6 is 0 Å². The lowest BCUT2D eigenvalue weighted by molar-refractivity contribution is -0.928. The number of quaternary nitrogens is 1. The molecule has 0 saturated carbocycles. The highest BCUT2D eigenvalue weighted by atomic mass is 16.6. The van der Waals surface area contributed by atoms with Gasteiger partial charge >= 0.3 is 0 Å². The molecule has 0 aliphatic carbocycles. The molecule has 0 atom stereocenters. The number of carboxylic acid groups (broad SMARTS) is 1. The van der Waals surface area contributed by atoms with Crippen LogP contribution in [0.25, 0.3) is 0 Å². The van der Waals surface area contributed by atoms with Crippen molar-refractivity contribution in [2.75, 3.05) is 40.6 Å². The monoisotopic (exact) mass is 249 g/mol. The van der Waals surface area contributed by atoms with Crippen molar-refractivity contribution in [3.8, 4) is 0 Å². The molecule has 5 nitrogen and oxygen atoms in total. The number of ether oxygens (including phenoxy) is 2. The molecule has 0 aliphatic rings. The van der Waals surface area contributed by atoms with Gasteiger partial charge in [0.25, 0.3) is 6.16 Å². The summed E-state index contributed by atoms with van der Waals surface area (Å²) >= 11 is 0. The first-order chi connectivity index (χ1) is 7.95. The van der Waals surface area contributed by atoms with Gasteiger partial charge in [-0.3, -0.25) is 0 Å². The second-order valence-corrected chi connectivity index (χ2v) is 4.14. The summed E-state index contributed by atoms with van der Waals surface area (Å²) in [5, 5.41) is 9.03. The molecule has 0 aliphatic heterocycles. The highest BCUT2D eigenvalue weighted by molar-refractivity contribution is 5.53. The first-order valence-corrected chi connectivity index (χ1v) is 6.12. The molecule has 0 radical (unpaired) electrons. The lowest BCUT2D eigenvalue weighted by Crippen LogP contribution is -2.46. The quantitative estimate of drug-likeness (QED) is 0.387. The van der Waals surface area contributed by atoms with Crippen molar-refractivity contribution in [3.05, 3.63) is 0 Å². The van der Waals surface area contributed by atoms with E-state index in [9.17, 15) is 0 Å². The van der Waals surface area contributed by atoms with Gasteiger partial charge in [-0.15, -0.1) is 0 Å². The maximum absolute atomic E-state index is 9.03. The molecule has 0 spiro atoms. The summed E-state index contributed by atoms with van der Waals surface area (Å²) in [4.78, 5) is 9.03. The number of hydrogen-bond acceptors (Lipinski definition) is 4. The minimum atomic E-state index is -1.50. The molecule has 0 aromatic carbocycles.